The van der Waals surface area contributed by atoms with Crippen molar-refractivity contribution < 1.29 is 18.0 Å². The molecule has 230 valence electrons. The van der Waals surface area contributed by atoms with E-state index >= 15 is 0 Å². The van der Waals surface area contributed by atoms with E-state index in [2.05, 4.69) is 24.8 Å². The average Bonchev–Trinajstić information content (AvgIpc) is 3.70. The Balaban J connectivity index is 1.21. The van der Waals surface area contributed by atoms with E-state index < -0.39 is 6.43 Å². The first kappa shape index (κ1) is 28.5. The summed E-state index contributed by atoms with van der Waals surface area (Å²) >= 11 is 0. The Labute approximate surface area is 251 Å². The van der Waals surface area contributed by atoms with Gasteiger partial charge < -0.3 is 24.4 Å². The number of fused-ring (bicyclic) bond motifs is 2. The van der Waals surface area contributed by atoms with Crippen LogP contribution in [0.25, 0.3) is 11.5 Å². The lowest BCUT2D eigenvalue weighted by Gasteiger charge is -2.36. The van der Waals surface area contributed by atoms with Crippen LogP contribution in [0.5, 0.6) is 0 Å². The fourth-order valence-electron chi connectivity index (χ4n) is 7.58. The van der Waals surface area contributed by atoms with Crippen molar-refractivity contribution >= 4 is 17.4 Å². The number of carbonyl (C=O) groups is 1. The maximum absolute atomic E-state index is 14.4. The molecule has 2 aromatic heterocycles. The number of rotatable bonds is 6. The Morgan fingerprint density at radius 2 is 1.91 bits per heavy atom. The Morgan fingerprint density at radius 1 is 1.09 bits per heavy atom. The van der Waals surface area contributed by atoms with Gasteiger partial charge in [-0.2, -0.15) is 5.10 Å². The van der Waals surface area contributed by atoms with E-state index in [4.69, 9.17) is 9.52 Å². The molecule has 11 heteroatoms. The van der Waals surface area contributed by atoms with Gasteiger partial charge in [0.25, 0.3) is 6.43 Å². The van der Waals surface area contributed by atoms with E-state index in [9.17, 15) is 13.6 Å². The first-order chi connectivity index (χ1) is 21.0. The van der Waals surface area contributed by atoms with Crippen LogP contribution in [-0.2, 0) is 24.2 Å². The first-order valence-electron chi connectivity index (χ1n) is 15.9. The molecule has 1 N–H and O–H groups in total. The summed E-state index contributed by atoms with van der Waals surface area (Å²) in [5.74, 6) is 1.84. The molecule has 1 aromatic carbocycles. The number of anilines is 2. The third-order valence-corrected chi connectivity index (χ3v) is 9.91. The Hall–Kier alpha value is -3.31. The fraction of sp³-hybridized carbons (Fsp3) is 0.594. The molecular formula is C32H41F2N7O2. The van der Waals surface area contributed by atoms with E-state index in [1.807, 2.05) is 11.0 Å². The van der Waals surface area contributed by atoms with Crippen LogP contribution in [0.1, 0.15) is 73.9 Å². The molecule has 6 heterocycles. The van der Waals surface area contributed by atoms with Gasteiger partial charge in [-0.3, -0.25) is 9.48 Å². The maximum Gasteiger partial charge on any atom is 0.264 e. The molecule has 1 amide bonds. The molecule has 0 spiro atoms. The standard InChI is InChI=1S/C32H41F2N7O2/c1-21(42)39-15-8-28-27(20-39)31(37-41(28)24-6-13-38(14-7-24)19-22-4-9-35-10-5-22)40-12-2-3-23-17-26(32-36-11-16-43-32)25(30(33)34)18-29(23)40/h11,16-18,22,24,30,35H,2-10,12-15,19-20H2,1H3. The van der Waals surface area contributed by atoms with Crippen LogP contribution in [-0.4, -0.2) is 76.3 Å². The van der Waals surface area contributed by atoms with E-state index in [0.29, 0.717) is 31.2 Å². The SMILES string of the molecule is CC(=O)N1CCc2c(c(N3CCCc4cc(-c5ncco5)c(C(F)F)cc43)nn2C2CCN(CC3CCNCC3)CC2)C1. The summed E-state index contributed by atoms with van der Waals surface area (Å²) in [7, 11) is 0. The van der Waals surface area contributed by atoms with Crippen molar-refractivity contribution in [3.63, 3.8) is 0 Å². The second-order valence-corrected chi connectivity index (χ2v) is 12.6. The minimum atomic E-state index is -2.68. The van der Waals surface area contributed by atoms with Gasteiger partial charge in [0.2, 0.25) is 11.8 Å². The highest BCUT2D eigenvalue weighted by molar-refractivity contribution is 5.76. The molecule has 4 aliphatic heterocycles. The zero-order valence-electron chi connectivity index (χ0n) is 24.9. The number of hydrogen-bond acceptors (Lipinski definition) is 7. The van der Waals surface area contributed by atoms with Gasteiger partial charge in [0.15, 0.2) is 5.82 Å². The second-order valence-electron chi connectivity index (χ2n) is 12.6. The predicted molar refractivity (Wildman–Crippen MR) is 160 cm³/mol. The highest BCUT2D eigenvalue weighted by Gasteiger charge is 2.35. The molecule has 0 bridgehead atoms. The lowest BCUT2D eigenvalue weighted by Crippen LogP contribution is -2.41. The van der Waals surface area contributed by atoms with E-state index in [-0.39, 0.29) is 17.4 Å². The van der Waals surface area contributed by atoms with Crippen LogP contribution in [0.15, 0.2) is 29.0 Å². The number of nitrogens with zero attached hydrogens (tertiary/aromatic N) is 6. The zero-order chi connectivity index (χ0) is 29.5. The van der Waals surface area contributed by atoms with Gasteiger partial charge >= 0.3 is 0 Å². The molecule has 7 rings (SSSR count). The van der Waals surface area contributed by atoms with E-state index in [0.717, 1.165) is 86.8 Å². The second kappa shape index (κ2) is 12.0. The first-order valence-corrected chi connectivity index (χ1v) is 15.9. The van der Waals surface area contributed by atoms with Crippen LogP contribution in [0.3, 0.4) is 0 Å². The van der Waals surface area contributed by atoms with Gasteiger partial charge in [0.05, 0.1) is 18.8 Å². The molecular weight excluding hydrogens is 552 g/mol. The Kier molecular flexibility index (Phi) is 7.94. The van der Waals surface area contributed by atoms with Crippen molar-refractivity contribution in [2.75, 3.05) is 50.7 Å². The molecule has 0 aliphatic carbocycles. The number of aryl methyl sites for hydroxylation is 1. The number of piperidine rings is 2. The monoisotopic (exact) mass is 593 g/mol. The minimum Gasteiger partial charge on any atom is -0.445 e. The van der Waals surface area contributed by atoms with Crippen LogP contribution >= 0.6 is 0 Å². The predicted octanol–water partition coefficient (Wildman–Crippen LogP) is 5.10. The van der Waals surface area contributed by atoms with Crippen molar-refractivity contribution in [3.8, 4) is 11.5 Å². The number of nitrogens with one attached hydrogen (secondary N) is 1. The molecule has 9 nitrogen and oxygen atoms in total. The topological polar surface area (TPSA) is 82.7 Å². The molecule has 0 atom stereocenters. The minimum absolute atomic E-state index is 0.0465. The summed E-state index contributed by atoms with van der Waals surface area (Å²) in [6.07, 6.45) is 7.22. The maximum atomic E-state index is 14.4. The number of benzene rings is 1. The number of hydrogen-bond donors (Lipinski definition) is 1. The number of oxazole rings is 1. The number of alkyl halides is 2. The molecule has 0 saturated carbocycles. The van der Waals surface area contributed by atoms with Crippen LogP contribution < -0.4 is 10.2 Å². The Bertz CT molecular complexity index is 1440. The molecule has 43 heavy (non-hydrogen) atoms. The number of likely N-dealkylation sites (tertiary alicyclic amines) is 1. The van der Waals surface area contributed by atoms with Gasteiger partial charge in [-0.1, -0.05) is 0 Å². The lowest BCUT2D eigenvalue weighted by atomic mass is 9.94. The highest BCUT2D eigenvalue weighted by atomic mass is 19.3. The molecule has 0 radical (unpaired) electrons. The van der Waals surface area contributed by atoms with Gasteiger partial charge in [-0.15, -0.1) is 0 Å². The van der Waals surface area contributed by atoms with Crippen molar-refractivity contribution in [3.05, 3.63) is 47.0 Å². The van der Waals surface area contributed by atoms with Crippen molar-refractivity contribution in [2.24, 2.45) is 5.92 Å². The summed E-state index contributed by atoms with van der Waals surface area (Å²) < 4.78 is 36.5. The third kappa shape index (κ3) is 5.57. The largest absolute Gasteiger partial charge is 0.445 e. The molecule has 2 saturated heterocycles. The van der Waals surface area contributed by atoms with Crippen LogP contribution in [0.4, 0.5) is 20.3 Å². The van der Waals surface area contributed by atoms with Crippen LogP contribution in [0.2, 0.25) is 0 Å². The summed E-state index contributed by atoms with van der Waals surface area (Å²) in [6, 6.07) is 3.72. The fourth-order valence-corrected chi connectivity index (χ4v) is 7.58. The van der Waals surface area contributed by atoms with Gasteiger partial charge in [-0.25, -0.2) is 13.8 Å². The Morgan fingerprint density at radius 3 is 2.63 bits per heavy atom. The summed E-state index contributed by atoms with van der Waals surface area (Å²) in [4.78, 5) is 23.2. The molecule has 0 unspecified atom stereocenters. The molecule has 2 fully saturated rings. The highest BCUT2D eigenvalue weighted by Crippen LogP contribution is 2.43. The number of aromatic nitrogens is 3. The van der Waals surface area contributed by atoms with Gasteiger partial charge in [-0.05, 0) is 75.2 Å². The number of halogens is 2. The quantitative estimate of drug-likeness (QED) is 0.426. The van der Waals surface area contributed by atoms with Gasteiger partial charge in [0, 0.05) is 74.1 Å². The van der Waals surface area contributed by atoms with Crippen molar-refractivity contribution in [1.29, 1.82) is 0 Å². The smallest absolute Gasteiger partial charge is 0.264 e. The lowest BCUT2D eigenvalue weighted by molar-refractivity contribution is -0.129. The number of carbonyl (C=O) groups excluding carboxylic acids is 1. The zero-order valence-corrected chi connectivity index (χ0v) is 24.9. The summed E-state index contributed by atoms with van der Waals surface area (Å²) in [6.45, 7) is 9.02. The summed E-state index contributed by atoms with van der Waals surface area (Å²) in [5.41, 5.74) is 4.25. The molecule has 3 aromatic rings. The van der Waals surface area contributed by atoms with Crippen molar-refractivity contribution in [1.82, 2.24) is 29.9 Å². The third-order valence-electron chi connectivity index (χ3n) is 9.91. The number of amides is 1. The normalized spacial score (nSPS) is 20.5. The van der Waals surface area contributed by atoms with E-state index in [1.165, 1.54) is 37.5 Å². The van der Waals surface area contributed by atoms with Crippen LogP contribution in [0, 0.1) is 5.92 Å². The molecule has 4 aliphatic rings. The van der Waals surface area contributed by atoms with E-state index in [1.54, 1.807) is 13.0 Å². The average molecular weight is 594 g/mol. The van der Waals surface area contributed by atoms with Gasteiger partial charge in [0.1, 0.15) is 6.26 Å². The summed E-state index contributed by atoms with van der Waals surface area (Å²) in [5, 5.41) is 8.75. The van der Waals surface area contributed by atoms with Crippen molar-refractivity contribution in [2.45, 2.75) is 70.9 Å².